The van der Waals surface area contributed by atoms with Crippen LogP contribution in [0.15, 0.2) is 35.1 Å². The fourth-order valence-corrected chi connectivity index (χ4v) is 2.69. The molecule has 0 bridgehead atoms. The third kappa shape index (κ3) is 2.65. The number of nitrogens with zero attached hydrogens (tertiary/aromatic N) is 2. The first-order chi connectivity index (χ1) is 11.3. The summed E-state index contributed by atoms with van der Waals surface area (Å²) >= 11 is 5.99. The molecule has 1 atom stereocenters. The summed E-state index contributed by atoms with van der Waals surface area (Å²) in [4.78, 5) is 16.9. The minimum absolute atomic E-state index is 0.0225. The zero-order chi connectivity index (χ0) is 17.6. The van der Waals surface area contributed by atoms with E-state index in [2.05, 4.69) is 4.98 Å². The molecular formula is C16H11ClF3N3O. The van der Waals surface area contributed by atoms with Crippen LogP contribution in [-0.4, -0.2) is 9.55 Å². The third-order valence-electron chi connectivity index (χ3n) is 3.46. The zero-order valence-corrected chi connectivity index (χ0v) is 13.1. The van der Waals surface area contributed by atoms with Gasteiger partial charge in [-0.1, -0.05) is 11.6 Å². The van der Waals surface area contributed by atoms with Crippen LogP contribution >= 0.6 is 11.6 Å². The van der Waals surface area contributed by atoms with E-state index in [0.29, 0.717) is 6.07 Å². The van der Waals surface area contributed by atoms with E-state index < -0.39 is 29.1 Å². The number of aromatic nitrogens is 2. The lowest BCUT2D eigenvalue weighted by Gasteiger charge is -2.16. The Bertz CT molecular complexity index is 997. The number of hydrogen-bond donors (Lipinski definition) is 1. The molecule has 0 spiro atoms. The van der Waals surface area contributed by atoms with Gasteiger partial charge in [0.05, 0.1) is 22.1 Å². The van der Waals surface area contributed by atoms with E-state index in [0.717, 1.165) is 22.8 Å². The van der Waals surface area contributed by atoms with Gasteiger partial charge in [-0.05, 0) is 31.2 Å². The molecule has 8 heteroatoms. The maximum atomic E-state index is 14.0. The maximum absolute atomic E-state index is 14.0. The number of rotatable bonds is 2. The lowest BCUT2D eigenvalue weighted by Crippen LogP contribution is -2.28. The molecule has 3 rings (SSSR count). The van der Waals surface area contributed by atoms with Crippen LogP contribution in [0.3, 0.4) is 0 Å². The monoisotopic (exact) mass is 353 g/mol. The summed E-state index contributed by atoms with van der Waals surface area (Å²) < 4.78 is 42.0. The Morgan fingerprint density at radius 1 is 1.17 bits per heavy atom. The summed E-state index contributed by atoms with van der Waals surface area (Å²) in [5.41, 5.74) is 4.69. The van der Waals surface area contributed by atoms with Crippen molar-refractivity contribution in [1.82, 2.24) is 9.55 Å². The zero-order valence-electron chi connectivity index (χ0n) is 12.4. The molecule has 2 N–H and O–H groups in total. The van der Waals surface area contributed by atoms with Gasteiger partial charge < -0.3 is 5.73 Å². The van der Waals surface area contributed by atoms with Crippen LogP contribution in [-0.2, 0) is 0 Å². The van der Waals surface area contributed by atoms with Gasteiger partial charge in [-0.15, -0.1) is 0 Å². The summed E-state index contributed by atoms with van der Waals surface area (Å²) in [5.74, 6) is -2.54. The van der Waals surface area contributed by atoms with Gasteiger partial charge in [0.2, 0.25) is 0 Å². The van der Waals surface area contributed by atoms with Crippen LogP contribution in [0.5, 0.6) is 0 Å². The van der Waals surface area contributed by atoms with Crippen molar-refractivity contribution in [3.8, 4) is 5.69 Å². The number of halogens is 4. The van der Waals surface area contributed by atoms with Crippen molar-refractivity contribution < 1.29 is 13.2 Å². The predicted octanol–water partition coefficient (Wildman–Crippen LogP) is 3.48. The molecule has 0 aliphatic heterocycles. The van der Waals surface area contributed by atoms with Gasteiger partial charge in [0.25, 0.3) is 5.56 Å². The normalized spacial score (nSPS) is 12.6. The van der Waals surface area contributed by atoms with Crippen LogP contribution in [0.2, 0.25) is 5.02 Å². The second-order valence-electron chi connectivity index (χ2n) is 5.28. The first-order valence-electron chi connectivity index (χ1n) is 6.92. The molecule has 0 aliphatic rings. The first kappa shape index (κ1) is 16.5. The summed E-state index contributed by atoms with van der Waals surface area (Å²) in [6.07, 6.45) is 0. The molecule has 3 aromatic rings. The third-order valence-corrected chi connectivity index (χ3v) is 3.78. The van der Waals surface area contributed by atoms with Crippen LogP contribution < -0.4 is 11.3 Å². The second-order valence-corrected chi connectivity index (χ2v) is 5.69. The molecule has 0 amide bonds. The van der Waals surface area contributed by atoms with Crippen LogP contribution in [0.4, 0.5) is 13.2 Å². The molecule has 2 aromatic carbocycles. The number of fused-ring (bicyclic) bond motifs is 1. The van der Waals surface area contributed by atoms with E-state index in [-0.39, 0.29) is 27.4 Å². The van der Waals surface area contributed by atoms with Gasteiger partial charge in [-0.2, -0.15) is 0 Å². The summed E-state index contributed by atoms with van der Waals surface area (Å²) in [5, 5.41) is -0.212. The van der Waals surface area contributed by atoms with Crippen molar-refractivity contribution >= 4 is 22.5 Å². The Kier molecular flexibility index (Phi) is 4.06. The van der Waals surface area contributed by atoms with Crippen LogP contribution in [0, 0.1) is 17.5 Å². The van der Waals surface area contributed by atoms with Gasteiger partial charge in [0.15, 0.2) is 0 Å². The number of benzene rings is 2. The van der Waals surface area contributed by atoms with Gasteiger partial charge >= 0.3 is 0 Å². The molecule has 0 saturated heterocycles. The number of nitrogens with two attached hydrogens (primary N) is 1. The van der Waals surface area contributed by atoms with Crippen molar-refractivity contribution in [2.75, 3.05) is 0 Å². The fraction of sp³-hybridized carbons (Fsp3) is 0.125. The summed E-state index contributed by atoms with van der Waals surface area (Å²) in [7, 11) is 0. The van der Waals surface area contributed by atoms with Gasteiger partial charge in [0.1, 0.15) is 28.8 Å². The largest absolute Gasteiger partial charge is 0.322 e. The molecule has 124 valence electrons. The molecule has 0 fully saturated rings. The highest BCUT2D eigenvalue weighted by Crippen LogP contribution is 2.24. The molecular weight excluding hydrogens is 343 g/mol. The standard InChI is InChI=1S/C16H11ClF3N3O/c1-7(21)15-22-14-12(20)3-2-11(17)13(14)16(24)23(15)10-5-8(18)4-9(19)6-10/h2-7H,21H2,1H3. The molecule has 0 saturated carbocycles. The molecule has 0 radical (unpaired) electrons. The molecule has 0 aliphatic carbocycles. The second kappa shape index (κ2) is 5.92. The Morgan fingerprint density at radius 3 is 2.38 bits per heavy atom. The smallest absolute Gasteiger partial charge is 0.267 e. The van der Waals surface area contributed by atoms with E-state index in [9.17, 15) is 18.0 Å². The van der Waals surface area contributed by atoms with Gasteiger partial charge in [-0.25, -0.2) is 18.2 Å². The highest BCUT2D eigenvalue weighted by Gasteiger charge is 2.20. The molecule has 4 nitrogen and oxygen atoms in total. The van der Waals surface area contributed by atoms with Crippen LogP contribution in [0.25, 0.3) is 16.6 Å². The molecule has 1 aromatic heterocycles. The lowest BCUT2D eigenvalue weighted by molar-refractivity contribution is 0.578. The SMILES string of the molecule is CC(N)c1nc2c(F)ccc(Cl)c2c(=O)n1-c1cc(F)cc(F)c1. The molecule has 1 unspecified atom stereocenters. The topological polar surface area (TPSA) is 60.9 Å². The van der Waals surface area contributed by atoms with E-state index in [4.69, 9.17) is 17.3 Å². The molecule has 24 heavy (non-hydrogen) atoms. The minimum atomic E-state index is -0.877. The van der Waals surface area contributed by atoms with Gasteiger partial charge in [0, 0.05) is 6.07 Å². The average Bonchev–Trinajstić information content (AvgIpc) is 2.49. The highest BCUT2D eigenvalue weighted by molar-refractivity contribution is 6.35. The average molecular weight is 354 g/mol. The number of hydrogen-bond acceptors (Lipinski definition) is 3. The van der Waals surface area contributed by atoms with Crippen molar-refractivity contribution in [2.24, 2.45) is 5.73 Å². The Morgan fingerprint density at radius 2 is 1.79 bits per heavy atom. The molecule has 1 heterocycles. The minimum Gasteiger partial charge on any atom is -0.322 e. The van der Waals surface area contributed by atoms with Crippen molar-refractivity contribution in [2.45, 2.75) is 13.0 Å². The summed E-state index contributed by atoms with van der Waals surface area (Å²) in [6.45, 7) is 1.52. The van der Waals surface area contributed by atoms with Crippen LogP contribution in [0.1, 0.15) is 18.8 Å². The Balaban J connectivity index is 2.51. The van der Waals surface area contributed by atoms with Gasteiger partial charge in [-0.3, -0.25) is 9.36 Å². The van der Waals surface area contributed by atoms with E-state index in [1.54, 1.807) is 0 Å². The fourth-order valence-electron chi connectivity index (χ4n) is 2.46. The van der Waals surface area contributed by atoms with Crippen molar-refractivity contribution in [3.63, 3.8) is 0 Å². The Hall–Kier alpha value is -2.38. The van der Waals surface area contributed by atoms with E-state index in [1.807, 2.05) is 0 Å². The van der Waals surface area contributed by atoms with Crippen molar-refractivity contribution in [1.29, 1.82) is 0 Å². The lowest BCUT2D eigenvalue weighted by atomic mass is 10.2. The predicted molar refractivity (Wildman–Crippen MR) is 84.8 cm³/mol. The van der Waals surface area contributed by atoms with Crippen molar-refractivity contribution in [3.05, 3.63) is 69.0 Å². The van der Waals surface area contributed by atoms with E-state index in [1.165, 1.54) is 13.0 Å². The highest BCUT2D eigenvalue weighted by atomic mass is 35.5. The Labute approximate surface area is 139 Å². The van der Waals surface area contributed by atoms with E-state index >= 15 is 0 Å². The quantitative estimate of drug-likeness (QED) is 0.767. The first-order valence-corrected chi connectivity index (χ1v) is 7.30. The maximum Gasteiger partial charge on any atom is 0.267 e. The summed E-state index contributed by atoms with van der Waals surface area (Å²) in [6, 6.07) is 4.07.